The lowest BCUT2D eigenvalue weighted by atomic mass is 9.84. The molecule has 0 spiro atoms. The van der Waals surface area contributed by atoms with E-state index in [2.05, 4.69) is 47.9 Å². The summed E-state index contributed by atoms with van der Waals surface area (Å²) in [4.78, 5) is 11.5. The van der Waals surface area contributed by atoms with E-state index in [4.69, 9.17) is 0 Å². The fourth-order valence-corrected chi connectivity index (χ4v) is 2.71. The fourth-order valence-electron chi connectivity index (χ4n) is 2.71. The van der Waals surface area contributed by atoms with Crippen molar-refractivity contribution in [3.05, 3.63) is 18.1 Å². The molecule has 1 fully saturated rings. The predicted molar refractivity (Wildman–Crippen MR) is 83.8 cm³/mol. The molecule has 1 N–H and O–H groups in total. The molecule has 0 aromatic carbocycles. The molecular weight excluding hydrogens is 248 g/mol. The maximum absolute atomic E-state index is 4.59. The van der Waals surface area contributed by atoms with Gasteiger partial charge in [0.1, 0.15) is 5.82 Å². The van der Waals surface area contributed by atoms with Gasteiger partial charge in [-0.05, 0) is 30.7 Å². The van der Waals surface area contributed by atoms with Gasteiger partial charge in [-0.15, -0.1) is 0 Å². The number of hydrogen-bond donors (Lipinski definition) is 1. The molecular formula is C16H28N4. The van der Waals surface area contributed by atoms with Gasteiger partial charge >= 0.3 is 0 Å². The van der Waals surface area contributed by atoms with Gasteiger partial charge in [0.15, 0.2) is 0 Å². The van der Waals surface area contributed by atoms with Crippen molar-refractivity contribution in [2.24, 2.45) is 11.3 Å². The summed E-state index contributed by atoms with van der Waals surface area (Å²) in [5, 5.41) is 3.40. The summed E-state index contributed by atoms with van der Waals surface area (Å²) in [7, 11) is 0. The second kappa shape index (κ2) is 6.53. The van der Waals surface area contributed by atoms with Crippen LogP contribution in [0.2, 0.25) is 0 Å². The topological polar surface area (TPSA) is 41.1 Å². The van der Waals surface area contributed by atoms with Gasteiger partial charge in [0.2, 0.25) is 0 Å². The summed E-state index contributed by atoms with van der Waals surface area (Å²) in [6.45, 7) is 13.1. The van der Waals surface area contributed by atoms with Crippen LogP contribution in [0.3, 0.4) is 0 Å². The smallest absolute Gasteiger partial charge is 0.147 e. The molecule has 0 aliphatic carbocycles. The largest absolute Gasteiger partial charge is 0.355 e. The van der Waals surface area contributed by atoms with Crippen molar-refractivity contribution in [3.8, 4) is 0 Å². The van der Waals surface area contributed by atoms with E-state index in [-0.39, 0.29) is 0 Å². The number of anilines is 1. The molecule has 0 amide bonds. The Morgan fingerprint density at radius 2 is 2.10 bits per heavy atom. The minimum atomic E-state index is 0.386. The average Bonchev–Trinajstić information content (AvgIpc) is 2.38. The molecule has 20 heavy (non-hydrogen) atoms. The third-order valence-corrected chi connectivity index (χ3v) is 3.77. The average molecular weight is 276 g/mol. The summed E-state index contributed by atoms with van der Waals surface area (Å²) in [5.41, 5.74) is 1.41. The van der Waals surface area contributed by atoms with Crippen LogP contribution in [0.1, 0.15) is 46.2 Å². The number of piperidine rings is 1. The molecule has 0 unspecified atom stereocenters. The van der Waals surface area contributed by atoms with Crippen molar-refractivity contribution in [2.75, 3.05) is 24.5 Å². The number of nitrogens with zero attached hydrogens (tertiary/aromatic N) is 3. The van der Waals surface area contributed by atoms with Crippen molar-refractivity contribution in [1.82, 2.24) is 15.3 Å². The lowest BCUT2D eigenvalue weighted by Gasteiger charge is -2.38. The second-order valence-electron chi connectivity index (χ2n) is 7.08. The molecule has 0 saturated carbocycles. The highest BCUT2D eigenvalue weighted by Crippen LogP contribution is 2.30. The first-order valence-electron chi connectivity index (χ1n) is 7.73. The summed E-state index contributed by atoms with van der Waals surface area (Å²) in [6.07, 6.45) is 6.37. The quantitative estimate of drug-likeness (QED) is 0.898. The molecule has 2 rings (SSSR count). The van der Waals surface area contributed by atoms with E-state index in [0.717, 1.165) is 37.7 Å². The van der Waals surface area contributed by atoms with E-state index >= 15 is 0 Å². The highest BCUT2D eigenvalue weighted by molar-refractivity contribution is 5.36. The summed E-state index contributed by atoms with van der Waals surface area (Å²) in [6, 6.07) is 0. The molecule has 0 bridgehead atoms. The first-order chi connectivity index (χ1) is 9.46. The highest BCUT2D eigenvalue weighted by Gasteiger charge is 2.27. The molecule has 1 aliphatic rings. The molecule has 4 heteroatoms. The van der Waals surface area contributed by atoms with E-state index in [1.54, 1.807) is 0 Å². The van der Waals surface area contributed by atoms with Crippen LogP contribution in [0, 0.1) is 11.3 Å². The number of hydrogen-bond acceptors (Lipinski definition) is 4. The molecule has 1 saturated heterocycles. The van der Waals surface area contributed by atoms with Crippen LogP contribution in [-0.4, -0.2) is 29.6 Å². The van der Waals surface area contributed by atoms with Crippen LogP contribution < -0.4 is 10.2 Å². The van der Waals surface area contributed by atoms with Crippen LogP contribution in [0.5, 0.6) is 0 Å². The number of rotatable bonds is 5. The first-order valence-corrected chi connectivity index (χ1v) is 7.73. The summed E-state index contributed by atoms with van der Waals surface area (Å²) in [5.74, 6) is 1.68. The third kappa shape index (κ3) is 4.44. The van der Waals surface area contributed by atoms with E-state index in [1.165, 1.54) is 12.8 Å². The zero-order valence-corrected chi connectivity index (χ0v) is 13.3. The molecule has 2 heterocycles. The Morgan fingerprint density at radius 1 is 1.30 bits per heavy atom. The molecule has 0 radical (unpaired) electrons. The van der Waals surface area contributed by atoms with Crippen molar-refractivity contribution in [2.45, 2.75) is 47.1 Å². The molecule has 0 atom stereocenters. The Bertz CT molecular complexity index is 411. The van der Waals surface area contributed by atoms with Crippen LogP contribution in [0.15, 0.2) is 12.4 Å². The van der Waals surface area contributed by atoms with Gasteiger partial charge in [0.25, 0.3) is 0 Å². The first kappa shape index (κ1) is 15.2. The minimum absolute atomic E-state index is 0.386. The van der Waals surface area contributed by atoms with Gasteiger partial charge in [0.05, 0.1) is 18.1 Å². The Morgan fingerprint density at radius 3 is 2.70 bits per heavy atom. The van der Waals surface area contributed by atoms with Crippen LogP contribution >= 0.6 is 0 Å². The van der Waals surface area contributed by atoms with Crippen LogP contribution in [-0.2, 0) is 6.54 Å². The predicted octanol–water partition coefficient (Wildman–Crippen LogP) is 2.85. The van der Waals surface area contributed by atoms with E-state index in [1.807, 2.05) is 12.4 Å². The Balaban J connectivity index is 1.91. The fraction of sp³-hybridized carbons (Fsp3) is 0.750. The van der Waals surface area contributed by atoms with Gasteiger partial charge in [-0.1, -0.05) is 27.7 Å². The van der Waals surface area contributed by atoms with Crippen molar-refractivity contribution in [1.29, 1.82) is 0 Å². The van der Waals surface area contributed by atoms with Gasteiger partial charge in [-0.3, -0.25) is 4.98 Å². The molecule has 1 aromatic rings. The zero-order valence-electron chi connectivity index (χ0n) is 13.3. The number of nitrogens with one attached hydrogen (secondary N) is 1. The van der Waals surface area contributed by atoms with Gasteiger partial charge in [0, 0.05) is 19.6 Å². The maximum Gasteiger partial charge on any atom is 0.147 e. The lowest BCUT2D eigenvalue weighted by Crippen LogP contribution is -2.40. The summed E-state index contributed by atoms with van der Waals surface area (Å²) >= 11 is 0. The van der Waals surface area contributed by atoms with Crippen molar-refractivity contribution in [3.63, 3.8) is 0 Å². The Hall–Kier alpha value is -1.16. The lowest BCUT2D eigenvalue weighted by molar-refractivity contribution is 0.292. The molecule has 4 nitrogen and oxygen atoms in total. The van der Waals surface area contributed by atoms with Crippen LogP contribution in [0.25, 0.3) is 0 Å². The zero-order chi connectivity index (χ0) is 14.6. The number of aromatic nitrogens is 2. The van der Waals surface area contributed by atoms with E-state index < -0.39 is 0 Å². The monoisotopic (exact) mass is 276 g/mol. The van der Waals surface area contributed by atoms with Gasteiger partial charge < -0.3 is 10.2 Å². The highest BCUT2D eigenvalue weighted by atomic mass is 15.2. The maximum atomic E-state index is 4.59. The SMILES string of the molecule is CC(C)CNCc1cnc(N2CCCC(C)(C)C2)cn1. The van der Waals surface area contributed by atoms with Crippen LogP contribution in [0.4, 0.5) is 5.82 Å². The third-order valence-electron chi connectivity index (χ3n) is 3.77. The molecule has 112 valence electrons. The Labute approximate surface area is 123 Å². The molecule has 1 aromatic heterocycles. The van der Waals surface area contributed by atoms with Gasteiger partial charge in [-0.2, -0.15) is 0 Å². The summed E-state index contributed by atoms with van der Waals surface area (Å²) < 4.78 is 0. The van der Waals surface area contributed by atoms with Crippen molar-refractivity contribution < 1.29 is 0 Å². The molecule has 1 aliphatic heterocycles. The van der Waals surface area contributed by atoms with E-state index in [0.29, 0.717) is 11.3 Å². The normalized spacial score (nSPS) is 18.6. The van der Waals surface area contributed by atoms with Gasteiger partial charge in [-0.25, -0.2) is 4.98 Å². The standard InChI is InChI=1S/C16H28N4/c1-13(2)8-17-9-14-10-19-15(11-18-14)20-7-5-6-16(3,4)12-20/h10-11,13,17H,5-9,12H2,1-4H3. The Kier molecular flexibility index (Phi) is 4.97. The minimum Gasteiger partial charge on any atom is -0.355 e. The van der Waals surface area contributed by atoms with Crippen molar-refractivity contribution >= 4 is 5.82 Å². The van der Waals surface area contributed by atoms with E-state index in [9.17, 15) is 0 Å². The second-order valence-corrected chi connectivity index (χ2v) is 7.08.